The van der Waals surface area contributed by atoms with Gasteiger partial charge in [-0.25, -0.2) is 0 Å². The SMILES string of the molecule is CN1CC(CCCC=O)N(C)C1. The molecule has 1 heterocycles. The molecule has 0 radical (unpaired) electrons. The van der Waals surface area contributed by atoms with Gasteiger partial charge in [-0.15, -0.1) is 0 Å². The maximum absolute atomic E-state index is 10.1. The Morgan fingerprint density at radius 1 is 1.50 bits per heavy atom. The summed E-state index contributed by atoms with van der Waals surface area (Å²) >= 11 is 0. The summed E-state index contributed by atoms with van der Waals surface area (Å²) in [5, 5.41) is 0. The molecule has 0 saturated carbocycles. The van der Waals surface area contributed by atoms with E-state index in [0.717, 1.165) is 32.3 Å². The molecule has 0 bridgehead atoms. The Morgan fingerprint density at radius 3 is 2.75 bits per heavy atom. The van der Waals surface area contributed by atoms with Crippen molar-refractivity contribution in [2.24, 2.45) is 0 Å². The maximum Gasteiger partial charge on any atom is 0.119 e. The van der Waals surface area contributed by atoms with Crippen molar-refractivity contribution < 1.29 is 4.79 Å². The summed E-state index contributed by atoms with van der Waals surface area (Å²) in [5.41, 5.74) is 0. The Kier molecular flexibility index (Phi) is 3.69. The fraction of sp³-hybridized carbons (Fsp3) is 0.889. The van der Waals surface area contributed by atoms with Crippen LogP contribution in [0.25, 0.3) is 0 Å². The van der Waals surface area contributed by atoms with Crippen LogP contribution >= 0.6 is 0 Å². The molecule has 3 nitrogen and oxygen atoms in total. The molecule has 1 aliphatic rings. The molecule has 1 fully saturated rings. The lowest BCUT2D eigenvalue weighted by Crippen LogP contribution is -2.26. The molecule has 1 aliphatic heterocycles. The summed E-state index contributed by atoms with van der Waals surface area (Å²) in [7, 11) is 4.28. The number of aldehydes is 1. The molecule has 0 amide bonds. The molecule has 0 aromatic heterocycles. The topological polar surface area (TPSA) is 23.6 Å². The van der Waals surface area contributed by atoms with Gasteiger partial charge in [-0.3, -0.25) is 9.80 Å². The van der Waals surface area contributed by atoms with Crippen LogP contribution in [-0.4, -0.2) is 49.4 Å². The Morgan fingerprint density at radius 2 is 2.25 bits per heavy atom. The summed E-state index contributed by atoms with van der Waals surface area (Å²) in [5.74, 6) is 0. The van der Waals surface area contributed by atoms with Crippen LogP contribution in [0.3, 0.4) is 0 Å². The van der Waals surface area contributed by atoms with Gasteiger partial charge in [0.25, 0.3) is 0 Å². The minimum absolute atomic E-state index is 0.662. The smallest absolute Gasteiger partial charge is 0.119 e. The molecule has 0 spiro atoms. The normalized spacial score (nSPS) is 26.3. The second kappa shape index (κ2) is 4.58. The van der Waals surface area contributed by atoms with Crippen molar-refractivity contribution in [2.45, 2.75) is 25.3 Å². The number of hydrogen-bond acceptors (Lipinski definition) is 3. The Hall–Kier alpha value is -0.410. The first-order valence-electron chi connectivity index (χ1n) is 4.56. The summed E-state index contributed by atoms with van der Waals surface area (Å²) in [6, 6.07) is 0.662. The van der Waals surface area contributed by atoms with Crippen LogP contribution in [0.4, 0.5) is 0 Å². The Balaban J connectivity index is 2.19. The molecule has 1 saturated heterocycles. The Labute approximate surface area is 74.3 Å². The standard InChI is InChI=1S/C9H18N2O/c1-10-7-9(11(2)8-10)5-3-4-6-12/h6,9H,3-5,7-8H2,1-2H3. The second-order valence-electron chi connectivity index (χ2n) is 3.69. The lowest BCUT2D eigenvalue weighted by molar-refractivity contribution is -0.107. The van der Waals surface area contributed by atoms with E-state index in [1.807, 2.05) is 0 Å². The summed E-state index contributed by atoms with van der Waals surface area (Å²) in [6.07, 6.45) is 3.92. The van der Waals surface area contributed by atoms with Crippen LogP contribution in [0.1, 0.15) is 19.3 Å². The van der Waals surface area contributed by atoms with Crippen molar-refractivity contribution in [1.82, 2.24) is 9.80 Å². The van der Waals surface area contributed by atoms with Gasteiger partial charge < -0.3 is 4.79 Å². The quantitative estimate of drug-likeness (QED) is 0.455. The number of likely N-dealkylation sites (N-methyl/N-ethyl adjacent to an activating group) is 2. The number of rotatable bonds is 4. The molecule has 0 N–H and O–H groups in total. The van der Waals surface area contributed by atoms with Gasteiger partial charge in [0.2, 0.25) is 0 Å². The molecule has 12 heavy (non-hydrogen) atoms. The van der Waals surface area contributed by atoms with Gasteiger partial charge in [-0.2, -0.15) is 0 Å². The van der Waals surface area contributed by atoms with Crippen LogP contribution in [0.5, 0.6) is 0 Å². The number of nitrogens with zero attached hydrogens (tertiary/aromatic N) is 2. The zero-order valence-electron chi connectivity index (χ0n) is 7.99. The molecule has 1 atom stereocenters. The first kappa shape index (κ1) is 9.68. The lowest BCUT2D eigenvalue weighted by Gasteiger charge is -2.16. The largest absolute Gasteiger partial charge is 0.303 e. The first-order valence-corrected chi connectivity index (χ1v) is 4.56. The number of hydrogen-bond donors (Lipinski definition) is 0. The van der Waals surface area contributed by atoms with Crippen molar-refractivity contribution in [2.75, 3.05) is 27.3 Å². The molecule has 0 aliphatic carbocycles. The molecular weight excluding hydrogens is 152 g/mol. The van der Waals surface area contributed by atoms with Gasteiger partial charge >= 0.3 is 0 Å². The molecule has 0 aromatic carbocycles. The average molecular weight is 170 g/mol. The van der Waals surface area contributed by atoms with Gasteiger partial charge in [-0.05, 0) is 26.9 Å². The number of carbonyl (C=O) groups is 1. The first-order chi connectivity index (χ1) is 5.74. The highest BCUT2D eigenvalue weighted by Gasteiger charge is 2.23. The van der Waals surface area contributed by atoms with E-state index < -0.39 is 0 Å². The molecular formula is C9H18N2O. The van der Waals surface area contributed by atoms with Gasteiger partial charge in [0.05, 0.1) is 6.67 Å². The average Bonchev–Trinajstić information content (AvgIpc) is 2.31. The van der Waals surface area contributed by atoms with E-state index in [4.69, 9.17) is 0 Å². The van der Waals surface area contributed by atoms with Gasteiger partial charge in [0.1, 0.15) is 6.29 Å². The molecule has 1 rings (SSSR count). The number of unbranched alkanes of at least 4 members (excludes halogenated alkanes) is 1. The predicted octanol–water partition coefficient (Wildman–Crippen LogP) is 0.559. The Bertz CT molecular complexity index is 149. The highest BCUT2D eigenvalue weighted by molar-refractivity contribution is 5.48. The second-order valence-corrected chi connectivity index (χ2v) is 3.69. The van der Waals surface area contributed by atoms with Crippen LogP contribution in [0.15, 0.2) is 0 Å². The van der Waals surface area contributed by atoms with Gasteiger partial charge in [-0.1, -0.05) is 0 Å². The van der Waals surface area contributed by atoms with E-state index in [1.54, 1.807) is 0 Å². The minimum Gasteiger partial charge on any atom is -0.303 e. The van der Waals surface area contributed by atoms with E-state index in [1.165, 1.54) is 0 Å². The number of carbonyl (C=O) groups excluding carboxylic acids is 1. The maximum atomic E-state index is 10.1. The van der Waals surface area contributed by atoms with Crippen molar-refractivity contribution in [3.8, 4) is 0 Å². The van der Waals surface area contributed by atoms with Gasteiger partial charge in [0, 0.05) is 19.0 Å². The van der Waals surface area contributed by atoms with Gasteiger partial charge in [0.15, 0.2) is 0 Å². The minimum atomic E-state index is 0.662. The molecule has 3 heteroatoms. The summed E-state index contributed by atoms with van der Waals surface area (Å²) in [6.45, 7) is 2.21. The fourth-order valence-electron chi connectivity index (χ4n) is 1.80. The molecule has 0 aromatic rings. The van der Waals surface area contributed by atoms with E-state index in [0.29, 0.717) is 12.5 Å². The summed E-state index contributed by atoms with van der Waals surface area (Å²) < 4.78 is 0. The third-order valence-corrected chi connectivity index (χ3v) is 2.47. The zero-order valence-corrected chi connectivity index (χ0v) is 7.99. The van der Waals surface area contributed by atoms with Crippen LogP contribution in [0.2, 0.25) is 0 Å². The van der Waals surface area contributed by atoms with Crippen LogP contribution in [-0.2, 0) is 4.79 Å². The van der Waals surface area contributed by atoms with Crippen molar-refractivity contribution in [3.63, 3.8) is 0 Å². The van der Waals surface area contributed by atoms with Crippen molar-refractivity contribution in [3.05, 3.63) is 0 Å². The lowest BCUT2D eigenvalue weighted by atomic mass is 10.1. The monoisotopic (exact) mass is 170 g/mol. The fourth-order valence-corrected chi connectivity index (χ4v) is 1.80. The van der Waals surface area contributed by atoms with E-state index >= 15 is 0 Å². The van der Waals surface area contributed by atoms with Crippen LogP contribution in [0, 0.1) is 0 Å². The highest BCUT2D eigenvalue weighted by atomic mass is 16.1. The van der Waals surface area contributed by atoms with Crippen molar-refractivity contribution in [1.29, 1.82) is 0 Å². The van der Waals surface area contributed by atoms with Crippen LogP contribution < -0.4 is 0 Å². The summed E-state index contributed by atoms with van der Waals surface area (Å²) in [4.78, 5) is 14.8. The third-order valence-electron chi connectivity index (χ3n) is 2.47. The van der Waals surface area contributed by atoms with E-state index in [9.17, 15) is 4.79 Å². The van der Waals surface area contributed by atoms with Crippen molar-refractivity contribution >= 4 is 6.29 Å². The predicted molar refractivity (Wildman–Crippen MR) is 49.0 cm³/mol. The van der Waals surface area contributed by atoms with E-state index in [-0.39, 0.29) is 0 Å². The van der Waals surface area contributed by atoms with E-state index in [2.05, 4.69) is 23.9 Å². The highest BCUT2D eigenvalue weighted by Crippen LogP contribution is 2.14. The zero-order chi connectivity index (χ0) is 8.97. The molecule has 1 unspecified atom stereocenters. The molecule has 70 valence electrons. The third kappa shape index (κ3) is 2.57.